The van der Waals surface area contributed by atoms with Crippen LogP contribution in [0.5, 0.6) is 0 Å². The van der Waals surface area contributed by atoms with Crippen LogP contribution in [0.4, 0.5) is 5.69 Å². The molecule has 0 fully saturated rings. The molecule has 0 atom stereocenters. The number of nitrogens with two attached hydrogens (primary N) is 1. The maximum absolute atomic E-state index is 12.1. The van der Waals surface area contributed by atoms with E-state index in [9.17, 15) is 8.42 Å². The third-order valence-electron chi connectivity index (χ3n) is 3.25. The smallest absolute Gasteiger partial charge is 0.240 e. The normalized spacial score (nSPS) is 11.5. The molecule has 112 valence electrons. The minimum absolute atomic E-state index is 0.306. The van der Waals surface area contributed by atoms with Crippen LogP contribution in [0.15, 0.2) is 53.4 Å². The van der Waals surface area contributed by atoms with Crippen LogP contribution in [0.3, 0.4) is 0 Å². The van der Waals surface area contributed by atoms with Crippen LogP contribution in [0.2, 0.25) is 0 Å². The lowest BCUT2D eigenvalue weighted by molar-refractivity contribution is 0.579. The molecule has 0 saturated heterocycles. The Balaban J connectivity index is 1.85. The second-order valence-corrected chi connectivity index (χ2v) is 6.82. The van der Waals surface area contributed by atoms with E-state index in [0.29, 0.717) is 11.4 Å². The van der Waals surface area contributed by atoms with Gasteiger partial charge in [-0.25, -0.2) is 13.1 Å². The quantitative estimate of drug-likeness (QED) is 0.636. The lowest BCUT2D eigenvalue weighted by atomic mass is 10.1. The van der Waals surface area contributed by atoms with Crippen molar-refractivity contribution in [2.45, 2.75) is 24.7 Å². The molecule has 0 aliphatic rings. The zero-order valence-corrected chi connectivity index (χ0v) is 12.9. The first-order chi connectivity index (χ1) is 9.97. The molecule has 0 aliphatic carbocycles. The van der Waals surface area contributed by atoms with Crippen molar-refractivity contribution in [3.63, 3.8) is 0 Å². The van der Waals surface area contributed by atoms with Gasteiger partial charge in [0.1, 0.15) is 0 Å². The number of sulfonamides is 1. The minimum atomic E-state index is -3.41. The molecule has 0 bridgehead atoms. The number of aryl methyl sites for hydroxylation is 2. The van der Waals surface area contributed by atoms with E-state index in [4.69, 9.17) is 5.73 Å². The average molecular weight is 304 g/mol. The molecular weight excluding hydrogens is 284 g/mol. The summed E-state index contributed by atoms with van der Waals surface area (Å²) in [5, 5.41) is 0. The topological polar surface area (TPSA) is 72.2 Å². The first-order valence-corrected chi connectivity index (χ1v) is 8.36. The molecule has 3 N–H and O–H groups in total. The maximum atomic E-state index is 12.1. The molecule has 0 unspecified atom stereocenters. The molecule has 5 heteroatoms. The lowest BCUT2D eigenvalue weighted by Gasteiger charge is -2.07. The molecule has 0 radical (unpaired) electrons. The number of nitrogens with one attached hydrogen (secondary N) is 1. The summed E-state index contributed by atoms with van der Waals surface area (Å²) in [5.74, 6) is 0. The molecule has 0 aromatic heterocycles. The Morgan fingerprint density at radius 1 is 1.00 bits per heavy atom. The lowest BCUT2D eigenvalue weighted by Crippen LogP contribution is -2.25. The van der Waals surface area contributed by atoms with Crippen LogP contribution < -0.4 is 10.5 Å². The van der Waals surface area contributed by atoms with Crippen LogP contribution in [0, 0.1) is 6.92 Å². The van der Waals surface area contributed by atoms with E-state index in [1.807, 2.05) is 31.2 Å². The molecule has 2 aromatic rings. The van der Waals surface area contributed by atoms with Crippen molar-refractivity contribution < 1.29 is 8.42 Å². The highest BCUT2D eigenvalue weighted by atomic mass is 32.2. The third-order valence-corrected chi connectivity index (χ3v) is 4.72. The first-order valence-electron chi connectivity index (χ1n) is 6.88. The summed E-state index contributed by atoms with van der Waals surface area (Å²) in [5.41, 5.74) is 8.55. The van der Waals surface area contributed by atoms with Gasteiger partial charge in [0.2, 0.25) is 10.0 Å². The molecule has 0 amide bonds. The summed E-state index contributed by atoms with van der Waals surface area (Å²) < 4.78 is 26.8. The van der Waals surface area contributed by atoms with Gasteiger partial charge in [-0.1, -0.05) is 29.8 Å². The second-order valence-electron chi connectivity index (χ2n) is 5.06. The predicted molar refractivity (Wildman–Crippen MR) is 85.5 cm³/mol. The van der Waals surface area contributed by atoms with E-state index in [0.717, 1.165) is 29.7 Å². The van der Waals surface area contributed by atoms with Gasteiger partial charge in [-0.15, -0.1) is 0 Å². The highest BCUT2D eigenvalue weighted by Gasteiger charge is 2.12. The number of nitrogen functional groups attached to an aromatic ring is 1. The summed E-state index contributed by atoms with van der Waals surface area (Å²) in [6, 6.07) is 14.5. The Kier molecular flexibility index (Phi) is 4.98. The maximum Gasteiger partial charge on any atom is 0.240 e. The molecule has 0 saturated carbocycles. The van der Waals surface area contributed by atoms with Gasteiger partial charge in [0.25, 0.3) is 0 Å². The molecule has 2 aromatic carbocycles. The van der Waals surface area contributed by atoms with Crippen molar-refractivity contribution >= 4 is 15.7 Å². The Morgan fingerprint density at radius 3 is 2.24 bits per heavy atom. The van der Waals surface area contributed by atoms with Gasteiger partial charge in [0.15, 0.2) is 0 Å². The summed E-state index contributed by atoms with van der Waals surface area (Å²) in [6.07, 6.45) is 1.56. The molecule has 21 heavy (non-hydrogen) atoms. The molecule has 2 rings (SSSR count). The zero-order valence-electron chi connectivity index (χ0n) is 12.0. The molecule has 0 aliphatic heterocycles. The predicted octanol–water partition coefficient (Wildman–Crippen LogP) is 2.49. The standard InChI is InChI=1S/C16H20N2O2S/c1-13-4-10-16(11-5-13)21(19,20)18-12-2-3-14-6-8-15(17)9-7-14/h4-11,18H,2-3,12,17H2,1H3. The zero-order chi connectivity index (χ0) is 15.3. The first kappa shape index (κ1) is 15.5. The van der Waals surface area contributed by atoms with Crippen LogP contribution in [0.25, 0.3) is 0 Å². The third kappa shape index (κ3) is 4.58. The summed E-state index contributed by atoms with van der Waals surface area (Å²) in [7, 11) is -3.41. The Bertz CT molecular complexity index is 677. The second kappa shape index (κ2) is 6.74. The van der Waals surface area contributed by atoms with Crippen molar-refractivity contribution in [2.75, 3.05) is 12.3 Å². The van der Waals surface area contributed by atoms with Crippen molar-refractivity contribution in [3.05, 3.63) is 59.7 Å². The van der Waals surface area contributed by atoms with E-state index >= 15 is 0 Å². The molecular formula is C16H20N2O2S. The number of rotatable bonds is 6. The van der Waals surface area contributed by atoms with E-state index in [2.05, 4.69) is 4.72 Å². The van der Waals surface area contributed by atoms with E-state index < -0.39 is 10.0 Å². The Morgan fingerprint density at radius 2 is 1.62 bits per heavy atom. The number of hydrogen-bond acceptors (Lipinski definition) is 3. The summed E-state index contributed by atoms with van der Waals surface area (Å²) in [4.78, 5) is 0.306. The van der Waals surface area contributed by atoms with Crippen LogP contribution in [0.1, 0.15) is 17.5 Å². The van der Waals surface area contributed by atoms with Crippen LogP contribution >= 0.6 is 0 Å². The van der Waals surface area contributed by atoms with E-state index in [1.54, 1.807) is 24.3 Å². The van der Waals surface area contributed by atoms with Crippen molar-refractivity contribution in [1.82, 2.24) is 4.72 Å². The SMILES string of the molecule is Cc1ccc(S(=O)(=O)NCCCc2ccc(N)cc2)cc1. The monoisotopic (exact) mass is 304 g/mol. The molecule has 0 heterocycles. The van der Waals surface area contributed by atoms with Gasteiger partial charge in [0.05, 0.1) is 4.90 Å². The fourth-order valence-corrected chi connectivity index (χ4v) is 3.06. The minimum Gasteiger partial charge on any atom is -0.399 e. The Hall–Kier alpha value is -1.85. The van der Waals surface area contributed by atoms with Gasteiger partial charge in [-0.2, -0.15) is 0 Å². The van der Waals surface area contributed by atoms with Crippen molar-refractivity contribution in [1.29, 1.82) is 0 Å². The van der Waals surface area contributed by atoms with Crippen LogP contribution in [-0.2, 0) is 16.4 Å². The summed E-state index contributed by atoms with van der Waals surface area (Å²) >= 11 is 0. The van der Waals surface area contributed by atoms with Gasteiger partial charge in [-0.05, 0) is 49.6 Å². The van der Waals surface area contributed by atoms with Crippen molar-refractivity contribution in [3.8, 4) is 0 Å². The largest absolute Gasteiger partial charge is 0.399 e. The number of benzene rings is 2. The van der Waals surface area contributed by atoms with Crippen LogP contribution in [-0.4, -0.2) is 15.0 Å². The fourth-order valence-electron chi connectivity index (χ4n) is 1.98. The average Bonchev–Trinajstić information content (AvgIpc) is 2.46. The van der Waals surface area contributed by atoms with Gasteiger partial charge < -0.3 is 5.73 Å². The summed E-state index contributed by atoms with van der Waals surface area (Å²) in [6.45, 7) is 2.34. The Labute approximate surface area is 126 Å². The van der Waals surface area contributed by atoms with E-state index in [-0.39, 0.29) is 0 Å². The number of hydrogen-bond donors (Lipinski definition) is 2. The van der Waals surface area contributed by atoms with Gasteiger partial charge >= 0.3 is 0 Å². The van der Waals surface area contributed by atoms with Gasteiger partial charge in [-0.3, -0.25) is 0 Å². The molecule has 0 spiro atoms. The van der Waals surface area contributed by atoms with Crippen molar-refractivity contribution in [2.24, 2.45) is 0 Å². The highest BCUT2D eigenvalue weighted by molar-refractivity contribution is 7.89. The van der Waals surface area contributed by atoms with E-state index in [1.165, 1.54) is 0 Å². The molecule has 4 nitrogen and oxygen atoms in total. The highest BCUT2D eigenvalue weighted by Crippen LogP contribution is 2.10. The number of anilines is 1. The van der Waals surface area contributed by atoms with Gasteiger partial charge in [0, 0.05) is 12.2 Å². The fraction of sp³-hybridized carbons (Fsp3) is 0.250.